The second kappa shape index (κ2) is 6.39. The Hall–Kier alpha value is -2.36. The molecule has 0 unspecified atom stereocenters. The van der Waals surface area contributed by atoms with Crippen LogP contribution < -0.4 is 0 Å². The van der Waals surface area contributed by atoms with E-state index < -0.39 is 5.97 Å². The van der Waals surface area contributed by atoms with Gasteiger partial charge in [-0.2, -0.15) is 0 Å². The molecule has 0 bridgehead atoms. The van der Waals surface area contributed by atoms with Crippen molar-refractivity contribution in [2.45, 2.75) is 20.3 Å². The fraction of sp³-hybridized carbons (Fsp3) is 0.294. The van der Waals surface area contributed by atoms with Crippen LogP contribution in [0, 0.1) is 6.92 Å². The number of carbonyl (C=O) groups is 2. The molecule has 1 heterocycles. The molecule has 0 saturated heterocycles. The smallest absolute Gasteiger partial charge is 0.355 e. The molecule has 0 aliphatic carbocycles. The van der Waals surface area contributed by atoms with E-state index in [1.165, 1.54) is 5.56 Å². The van der Waals surface area contributed by atoms with Gasteiger partial charge in [0.1, 0.15) is 5.69 Å². The zero-order chi connectivity index (χ0) is 15.4. The molecule has 110 valence electrons. The van der Waals surface area contributed by atoms with Crippen LogP contribution in [0.5, 0.6) is 0 Å². The number of aromatic nitrogens is 1. The minimum absolute atomic E-state index is 0.197. The molecule has 2 rings (SSSR count). The Morgan fingerprint density at radius 2 is 1.76 bits per heavy atom. The topological polar surface area (TPSA) is 48.3 Å². The molecule has 0 fully saturated rings. The molecular formula is C17H19NO3. The molecule has 1 aromatic carbocycles. The quantitative estimate of drug-likeness (QED) is 0.627. The number of ether oxygens (including phenoxy) is 1. The van der Waals surface area contributed by atoms with Gasteiger partial charge in [0.15, 0.2) is 12.4 Å². The van der Waals surface area contributed by atoms with E-state index in [1.807, 2.05) is 25.1 Å². The Balaban J connectivity index is 1.97. The molecule has 0 aliphatic heterocycles. The van der Waals surface area contributed by atoms with Gasteiger partial charge in [0.25, 0.3) is 0 Å². The molecule has 0 aliphatic rings. The van der Waals surface area contributed by atoms with Gasteiger partial charge in [-0.25, -0.2) is 4.79 Å². The van der Waals surface area contributed by atoms with Gasteiger partial charge in [-0.05, 0) is 31.0 Å². The van der Waals surface area contributed by atoms with Crippen LogP contribution in [0.4, 0.5) is 0 Å². The molecular weight excluding hydrogens is 266 g/mol. The molecule has 0 saturated carbocycles. The van der Waals surface area contributed by atoms with Crippen molar-refractivity contribution in [3.8, 4) is 0 Å². The van der Waals surface area contributed by atoms with E-state index in [4.69, 9.17) is 4.74 Å². The van der Waals surface area contributed by atoms with E-state index in [9.17, 15) is 9.59 Å². The van der Waals surface area contributed by atoms with Gasteiger partial charge in [-0.15, -0.1) is 0 Å². The first-order chi connectivity index (χ1) is 10.0. The Bertz CT molecular complexity index is 653. The van der Waals surface area contributed by atoms with Crippen molar-refractivity contribution in [1.82, 2.24) is 4.57 Å². The van der Waals surface area contributed by atoms with E-state index in [2.05, 4.69) is 6.92 Å². The lowest BCUT2D eigenvalue weighted by atomic mass is 10.1. The predicted octanol–water partition coefficient (Wildman–Crippen LogP) is 2.94. The van der Waals surface area contributed by atoms with E-state index >= 15 is 0 Å². The van der Waals surface area contributed by atoms with Crippen molar-refractivity contribution < 1.29 is 14.3 Å². The minimum atomic E-state index is -0.482. The van der Waals surface area contributed by atoms with Gasteiger partial charge < -0.3 is 9.30 Å². The highest BCUT2D eigenvalue weighted by Crippen LogP contribution is 2.09. The summed E-state index contributed by atoms with van der Waals surface area (Å²) in [6.45, 7) is 3.71. The van der Waals surface area contributed by atoms with Crippen LogP contribution in [0.3, 0.4) is 0 Å². The Kier molecular flexibility index (Phi) is 4.58. The first-order valence-electron chi connectivity index (χ1n) is 6.94. The highest BCUT2D eigenvalue weighted by atomic mass is 16.5. The summed E-state index contributed by atoms with van der Waals surface area (Å²) >= 11 is 0. The van der Waals surface area contributed by atoms with Crippen molar-refractivity contribution in [3.63, 3.8) is 0 Å². The summed E-state index contributed by atoms with van der Waals surface area (Å²) in [5.74, 6) is -0.680. The van der Waals surface area contributed by atoms with Crippen molar-refractivity contribution in [1.29, 1.82) is 0 Å². The second-order valence-corrected chi connectivity index (χ2v) is 4.97. The Labute approximate surface area is 124 Å². The van der Waals surface area contributed by atoms with E-state index in [-0.39, 0.29) is 12.4 Å². The number of Topliss-reactive ketones (excluding diaryl/α,β-unsaturated/α-hetero) is 1. The molecule has 0 radical (unpaired) electrons. The molecule has 21 heavy (non-hydrogen) atoms. The van der Waals surface area contributed by atoms with Crippen molar-refractivity contribution in [3.05, 3.63) is 58.9 Å². The SMILES string of the molecule is CCc1ccc(C(=O)COC(=O)c2ccc(C)n2C)cc1. The molecule has 2 aromatic rings. The van der Waals surface area contributed by atoms with E-state index in [0.29, 0.717) is 11.3 Å². The highest BCUT2D eigenvalue weighted by Gasteiger charge is 2.15. The van der Waals surface area contributed by atoms with Crippen LogP contribution in [0.2, 0.25) is 0 Å². The summed E-state index contributed by atoms with van der Waals surface area (Å²) in [6.07, 6.45) is 0.927. The van der Waals surface area contributed by atoms with Gasteiger partial charge in [0.2, 0.25) is 0 Å². The fourth-order valence-corrected chi connectivity index (χ4v) is 2.03. The molecule has 0 atom stereocenters. The summed E-state index contributed by atoms with van der Waals surface area (Å²) in [5.41, 5.74) is 3.14. The first-order valence-corrected chi connectivity index (χ1v) is 6.94. The van der Waals surface area contributed by atoms with Gasteiger partial charge in [-0.3, -0.25) is 4.79 Å². The van der Waals surface area contributed by atoms with Gasteiger partial charge in [-0.1, -0.05) is 31.2 Å². The van der Waals surface area contributed by atoms with Gasteiger partial charge in [0, 0.05) is 18.3 Å². The Morgan fingerprint density at radius 1 is 1.10 bits per heavy atom. The average molecular weight is 285 g/mol. The standard InChI is InChI=1S/C17H19NO3/c1-4-13-6-8-14(9-7-13)16(19)11-21-17(20)15-10-5-12(2)18(15)3/h5-10H,4,11H2,1-3H3. The van der Waals surface area contributed by atoms with Crippen LogP contribution >= 0.6 is 0 Å². The van der Waals surface area contributed by atoms with Gasteiger partial charge >= 0.3 is 5.97 Å². The number of aryl methyl sites for hydroxylation is 2. The zero-order valence-corrected chi connectivity index (χ0v) is 12.6. The summed E-state index contributed by atoms with van der Waals surface area (Å²) in [5, 5.41) is 0. The third-order valence-electron chi connectivity index (χ3n) is 3.60. The number of benzene rings is 1. The van der Waals surface area contributed by atoms with Crippen LogP contribution in [0.15, 0.2) is 36.4 Å². The lowest BCUT2D eigenvalue weighted by Crippen LogP contribution is -2.16. The van der Waals surface area contributed by atoms with Crippen LogP contribution in [-0.4, -0.2) is 22.9 Å². The van der Waals surface area contributed by atoms with Crippen LogP contribution in [0.25, 0.3) is 0 Å². The van der Waals surface area contributed by atoms with Crippen molar-refractivity contribution in [2.75, 3.05) is 6.61 Å². The molecule has 0 spiro atoms. The molecule has 1 aromatic heterocycles. The third-order valence-corrected chi connectivity index (χ3v) is 3.60. The number of esters is 1. The predicted molar refractivity (Wildman–Crippen MR) is 80.6 cm³/mol. The summed E-state index contributed by atoms with van der Waals surface area (Å²) in [4.78, 5) is 23.9. The van der Waals surface area contributed by atoms with Crippen LogP contribution in [-0.2, 0) is 18.2 Å². The molecule has 0 N–H and O–H groups in total. The second-order valence-electron chi connectivity index (χ2n) is 4.97. The number of nitrogens with zero attached hydrogens (tertiary/aromatic N) is 1. The monoisotopic (exact) mass is 285 g/mol. The largest absolute Gasteiger partial charge is 0.453 e. The summed E-state index contributed by atoms with van der Waals surface area (Å²) in [7, 11) is 1.79. The lowest BCUT2D eigenvalue weighted by Gasteiger charge is -2.06. The lowest BCUT2D eigenvalue weighted by molar-refractivity contribution is 0.0465. The maximum Gasteiger partial charge on any atom is 0.355 e. The zero-order valence-electron chi connectivity index (χ0n) is 12.6. The van der Waals surface area contributed by atoms with E-state index in [1.54, 1.807) is 29.8 Å². The summed E-state index contributed by atoms with van der Waals surface area (Å²) < 4.78 is 6.82. The fourth-order valence-electron chi connectivity index (χ4n) is 2.03. The van der Waals surface area contributed by atoms with Gasteiger partial charge in [0.05, 0.1) is 0 Å². The molecule has 4 heteroatoms. The first kappa shape index (κ1) is 15.0. The summed E-state index contributed by atoms with van der Waals surface area (Å²) in [6, 6.07) is 10.9. The molecule has 0 amide bonds. The molecule has 4 nitrogen and oxygen atoms in total. The maximum atomic E-state index is 12.0. The van der Waals surface area contributed by atoms with E-state index in [0.717, 1.165) is 12.1 Å². The number of rotatable bonds is 5. The normalized spacial score (nSPS) is 10.4. The number of ketones is 1. The third kappa shape index (κ3) is 3.40. The van der Waals surface area contributed by atoms with Crippen molar-refractivity contribution in [2.24, 2.45) is 7.05 Å². The highest BCUT2D eigenvalue weighted by molar-refractivity contribution is 5.99. The number of hydrogen-bond acceptors (Lipinski definition) is 3. The number of carbonyl (C=O) groups excluding carboxylic acids is 2. The van der Waals surface area contributed by atoms with Crippen LogP contribution in [0.1, 0.15) is 39.0 Å². The average Bonchev–Trinajstić information content (AvgIpc) is 2.84. The maximum absolute atomic E-state index is 12.0. The number of hydrogen-bond donors (Lipinski definition) is 0. The minimum Gasteiger partial charge on any atom is -0.453 e. The Morgan fingerprint density at radius 3 is 2.29 bits per heavy atom. The van der Waals surface area contributed by atoms with Crippen molar-refractivity contribution >= 4 is 11.8 Å².